The number of nitrogens with one attached hydrogen (secondary N) is 2. The van der Waals surface area contributed by atoms with Crippen LogP contribution in [0.4, 0.5) is 5.69 Å². The Morgan fingerprint density at radius 2 is 1.95 bits per heavy atom. The molecule has 0 saturated carbocycles. The van der Waals surface area contributed by atoms with Gasteiger partial charge in [0.2, 0.25) is 5.91 Å². The minimum absolute atomic E-state index is 0.129. The summed E-state index contributed by atoms with van der Waals surface area (Å²) in [5.41, 5.74) is 0.620. The van der Waals surface area contributed by atoms with Crippen molar-refractivity contribution in [1.82, 2.24) is 5.32 Å². The van der Waals surface area contributed by atoms with Gasteiger partial charge < -0.3 is 10.6 Å². The summed E-state index contributed by atoms with van der Waals surface area (Å²) in [7, 11) is 0. The third-order valence-corrected chi connectivity index (χ3v) is 3.92. The van der Waals surface area contributed by atoms with E-state index < -0.39 is 0 Å². The standard InChI is InChI=1S/C13H12Cl2N2OS/c14-10-3-1-2-4-11(10)17-13(18)8-16-7-9-5-6-12(15)19-9/h1-6,16H,7-8H2,(H,17,18). The topological polar surface area (TPSA) is 41.1 Å². The average molecular weight is 315 g/mol. The smallest absolute Gasteiger partial charge is 0.238 e. The monoisotopic (exact) mass is 314 g/mol. The number of hydrogen-bond acceptors (Lipinski definition) is 3. The van der Waals surface area contributed by atoms with Gasteiger partial charge in [0.15, 0.2) is 0 Å². The summed E-state index contributed by atoms with van der Waals surface area (Å²) in [5.74, 6) is -0.129. The number of carbonyl (C=O) groups is 1. The molecule has 19 heavy (non-hydrogen) atoms. The summed E-state index contributed by atoms with van der Waals surface area (Å²) in [6.07, 6.45) is 0. The lowest BCUT2D eigenvalue weighted by Crippen LogP contribution is -2.27. The second kappa shape index (κ2) is 6.91. The molecular formula is C13H12Cl2N2OS. The lowest BCUT2D eigenvalue weighted by Gasteiger charge is -2.07. The van der Waals surface area contributed by atoms with Gasteiger partial charge in [-0.15, -0.1) is 11.3 Å². The Balaban J connectivity index is 1.77. The number of thiophene rings is 1. The van der Waals surface area contributed by atoms with Crippen LogP contribution < -0.4 is 10.6 Å². The molecule has 6 heteroatoms. The summed E-state index contributed by atoms with van der Waals surface area (Å²) < 4.78 is 0.748. The zero-order chi connectivity index (χ0) is 13.7. The molecule has 0 unspecified atom stereocenters. The summed E-state index contributed by atoms with van der Waals surface area (Å²) >= 11 is 13.3. The first-order valence-electron chi connectivity index (χ1n) is 5.64. The third-order valence-electron chi connectivity index (χ3n) is 2.36. The molecule has 100 valence electrons. The van der Waals surface area contributed by atoms with Crippen LogP contribution in [0.1, 0.15) is 4.88 Å². The summed E-state index contributed by atoms with van der Waals surface area (Å²) in [6, 6.07) is 10.9. The van der Waals surface area contributed by atoms with Crippen LogP contribution >= 0.6 is 34.5 Å². The van der Waals surface area contributed by atoms with Crippen molar-refractivity contribution < 1.29 is 4.79 Å². The normalized spacial score (nSPS) is 10.4. The van der Waals surface area contributed by atoms with Gasteiger partial charge in [0.05, 0.1) is 21.6 Å². The molecule has 1 amide bonds. The van der Waals surface area contributed by atoms with Gasteiger partial charge in [0.1, 0.15) is 0 Å². The maximum atomic E-state index is 11.7. The van der Waals surface area contributed by atoms with Crippen molar-refractivity contribution in [1.29, 1.82) is 0 Å². The van der Waals surface area contributed by atoms with Gasteiger partial charge >= 0.3 is 0 Å². The minimum atomic E-state index is -0.129. The van der Waals surface area contributed by atoms with E-state index >= 15 is 0 Å². The van der Waals surface area contributed by atoms with Crippen molar-refractivity contribution in [2.24, 2.45) is 0 Å². The highest BCUT2D eigenvalue weighted by Crippen LogP contribution is 2.21. The molecule has 0 spiro atoms. The number of anilines is 1. The third kappa shape index (κ3) is 4.51. The first-order valence-corrected chi connectivity index (χ1v) is 7.22. The van der Waals surface area contributed by atoms with Gasteiger partial charge in [0.25, 0.3) is 0 Å². The fraction of sp³-hybridized carbons (Fsp3) is 0.154. The van der Waals surface area contributed by atoms with E-state index in [9.17, 15) is 4.79 Å². The lowest BCUT2D eigenvalue weighted by molar-refractivity contribution is -0.115. The van der Waals surface area contributed by atoms with Crippen LogP contribution in [-0.2, 0) is 11.3 Å². The molecule has 1 aromatic carbocycles. The number of amides is 1. The SMILES string of the molecule is O=C(CNCc1ccc(Cl)s1)Nc1ccccc1Cl. The van der Waals surface area contributed by atoms with E-state index in [2.05, 4.69) is 10.6 Å². The molecule has 0 saturated heterocycles. The predicted molar refractivity (Wildman–Crippen MR) is 81.1 cm³/mol. The van der Waals surface area contributed by atoms with Gasteiger partial charge in [-0.2, -0.15) is 0 Å². The van der Waals surface area contributed by atoms with Crippen molar-refractivity contribution in [2.45, 2.75) is 6.54 Å². The molecule has 2 N–H and O–H groups in total. The number of para-hydroxylation sites is 1. The maximum absolute atomic E-state index is 11.7. The number of carbonyl (C=O) groups excluding carboxylic acids is 1. The van der Waals surface area contributed by atoms with E-state index in [-0.39, 0.29) is 12.5 Å². The van der Waals surface area contributed by atoms with Gasteiger partial charge in [-0.3, -0.25) is 4.79 Å². The van der Waals surface area contributed by atoms with Crippen LogP contribution in [0.5, 0.6) is 0 Å². The highest BCUT2D eigenvalue weighted by molar-refractivity contribution is 7.16. The fourth-order valence-electron chi connectivity index (χ4n) is 1.50. The molecule has 2 aromatic rings. The van der Waals surface area contributed by atoms with Gasteiger partial charge in [-0.05, 0) is 24.3 Å². The summed E-state index contributed by atoms with van der Waals surface area (Å²) in [5, 5.41) is 6.33. The van der Waals surface area contributed by atoms with Crippen LogP contribution in [0.25, 0.3) is 0 Å². The molecule has 0 bridgehead atoms. The van der Waals surface area contributed by atoms with Crippen LogP contribution in [0.15, 0.2) is 36.4 Å². The van der Waals surface area contributed by atoms with Crippen LogP contribution in [0.2, 0.25) is 9.36 Å². The highest BCUT2D eigenvalue weighted by Gasteiger charge is 2.05. The van der Waals surface area contributed by atoms with Crippen molar-refractivity contribution in [3.05, 3.63) is 50.6 Å². The second-order valence-corrected chi connectivity index (χ2v) is 6.04. The Labute approximate surface area is 125 Å². The van der Waals surface area contributed by atoms with Gasteiger partial charge in [-0.25, -0.2) is 0 Å². The zero-order valence-corrected chi connectivity index (χ0v) is 12.3. The van der Waals surface area contributed by atoms with Crippen molar-refractivity contribution in [2.75, 3.05) is 11.9 Å². The van der Waals surface area contributed by atoms with E-state index in [1.54, 1.807) is 12.1 Å². The van der Waals surface area contributed by atoms with Crippen molar-refractivity contribution in [3.63, 3.8) is 0 Å². The van der Waals surface area contributed by atoms with Gasteiger partial charge in [0, 0.05) is 11.4 Å². The molecule has 0 aliphatic heterocycles. The minimum Gasteiger partial charge on any atom is -0.324 e. The van der Waals surface area contributed by atoms with E-state index in [4.69, 9.17) is 23.2 Å². The first-order chi connectivity index (χ1) is 9.15. The van der Waals surface area contributed by atoms with E-state index in [1.165, 1.54) is 11.3 Å². The summed E-state index contributed by atoms with van der Waals surface area (Å²) in [4.78, 5) is 12.8. The molecule has 2 rings (SSSR count). The molecule has 1 aromatic heterocycles. The van der Waals surface area contributed by atoms with Crippen molar-refractivity contribution in [3.8, 4) is 0 Å². The van der Waals surface area contributed by atoms with Crippen molar-refractivity contribution >= 4 is 46.1 Å². The van der Waals surface area contributed by atoms with E-state index in [1.807, 2.05) is 24.3 Å². The number of halogens is 2. The number of benzene rings is 1. The second-order valence-electron chi connectivity index (χ2n) is 3.84. The first kappa shape index (κ1) is 14.3. The molecule has 3 nitrogen and oxygen atoms in total. The fourth-order valence-corrected chi connectivity index (χ4v) is 2.74. The Bertz CT molecular complexity index is 571. The quantitative estimate of drug-likeness (QED) is 0.881. The molecule has 0 aliphatic carbocycles. The molecule has 0 aliphatic rings. The molecule has 1 heterocycles. The average Bonchev–Trinajstić information content (AvgIpc) is 2.78. The van der Waals surface area contributed by atoms with Crippen LogP contribution in [0.3, 0.4) is 0 Å². The van der Waals surface area contributed by atoms with Crippen LogP contribution in [0, 0.1) is 0 Å². The predicted octanol–water partition coefficient (Wildman–Crippen LogP) is 3.78. The zero-order valence-electron chi connectivity index (χ0n) is 9.95. The maximum Gasteiger partial charge on any atom is 0.238 e. The Hall–Kier alpha value is -1.07. The van der Waals surface area contributed by atoms with E-state index in [0.29, 0.717) is 17.3 Å². The molecule has 0 atom stereocenters. The van der Waals surface area contributed by atoms with Gasteiger partial charge in [-0.1, -0.05) is 35.3 Å². The molecule has 0 radical (unpaired) electrons. The van der Waals surface area contributed by atoms with E-state index in [0.717, 1.165) is 9.21 Å². The highest BCUT2D eigenvalue weighted by atomic mass is 35.5. The molecular weight excluding hydrogens is 303 g/mol. The Morgan fingerprint density at radius 1 is 1.16 bits per heavy atom. The van der Waals surface area contributed by atoms with Crippen LogP contribution in [-0.4, -0.2) is 12.5 Å². The molecule has 0 fully saturated rings. The lowest BCUT2D eigenvalue weighted by atomic mass is 10.3. The Kier molecular flexibility index (Phi) is 5.22. The Morgan fingerprint density at radius 3 is 2.63 bits per heavy atom. The largest absolute Gasteiger partial charge is 0.324 e. The number of rotatable bonds is 5. The summed E-state index contributed by atoms with van der Waals surface area (Å²) in [6.45, 7) is 0.841. The number of hydrogen-bond donors (Lipinski definition) is 2.